The molecule has 0 amide bonds. The first-order valence-electron chi connectivity index (χ1n) is 4.23. The molecular weight excluding hydrogens is 229 g/mol. The van der Waals surface area contributed by atoms with Gasteiger partial charge in [-0.1, -0.05) is 0 Å². The van der Waals surface area contributed by atoms with E-state index in [1.807, 2.05) is 0 Å². The molecular formula is C10H8ClF3O. The molecule has 0 saturated heterocycles. The van der Waals surface area contributed by atoms with Crippen LogP contribution in [0.15, 0.2) is 18.2 Å². The van der Waals surface area contributed by atoms with Crippen LogP contribution in [-0.2, 0) is 0 Å². The van der Waals surface area contributed by atoms with Gasteiger partial charge in [-0.2, -0.15) is 0 Å². The Labute approximate surface area is 89.9 Å². The summed E-state index contributed by atoms with van der Waals surface area (Å²) in [5.74, 6) is -1.25. The van der Waals surface area contributed by atoms with Crippen LogP contribution in [0.3, 0.4) is 0 Å². The summed E-state index contributed by atoms with van der Waals surface area (Å²) in [5.41, 5.74) is -0.739. The molecule has 0 aliphatic heterocycles. The van der Waals surface area contributed by atoms with Crippen molar-refractivity contribution in [3.63, 3.8) is 0 Å². The fourth-order valence-electron chi connectivity index (χ4n) is 1.18. The smallest absolute Gasteiger partial charge is 0.264 e. The molecule has 0 spiro atoms. The first-order chi connectivity index (χ1) is 7.06. The van der Waals surface area contributed by atoms with E-state index in [2.05, 4.69) is 0 Å². The molecule has 0 saturated carbocycles. The third kappa shape index (κ3) is 2.96. The van der Waals surface area contributed by atoms with Gasteiger partial charge in [0.1, 0.15) is 5.82 Å². The highest BCUT2D eigenvalue weighted by Gasteiger charge is 2.18. The van der Waals surface area contributed by atoms with Gasteiger partial charge in [-0.3, -0.25) is 4.79 Å². The van der Waals surface area contributed by atoms with Crippen LogP contribution in [0, 0.1) is 5.82 Å². The molecule has 0 aliphatic rings. The van der Waals surface area contributed by atoms with Crippen molar-refractivity contribution in [3.05, 3.63) is 35.1 Å². The fourth-order valence-corrected chi connectivity index (χ4v) is 1.35. The summed E-state index contributed by atoms with van der Waals surface area (Å²) in [4.78, 5) is 11.3. The monoisotopic (exact) mass is 236 g/mol. The van der Waals surface area contributed by atoms with E-state index in [1.54, 1.807) is 0 Å². The second-order valence-electron chi connectivity index (χ2n) is 2.89. The molecule has 0 unspecified atom stereocenters. The summed E-state index contributed by atoms with van der Waals surface area (Å²) in [7, 11) is 0. The van der Waals surface area contributed by atoms with Crippen LogP contribution in [0.2, 0.25) is 0 Å². The van der Waals surface area contributed by atoms with E-state index < -0.39 is 23.6 Å². The molecule has 1 aromatic rings. The van der Waals surface area contributed by atoms with Crippen LogP contribution in [0.25, 0.3) is 0 Å². The number of alkyl halides is 3. The number of Topliss-reactive ketones (excluding diaryl/α,β-unsaturated/α-hetero) is 1. The quantitative estimate of drug-likeness (QED) is 0.577. The lowest BCUT2D eigenvalue weighted by Gasteiger charge is -2.06. The third-order valence-corrected chi connectivity index (χ3v) is 2.06. The van der Waals surface area contributed by atoms with E-state index in [1.165, 1.54) is 0 Å². The summed E-state index contributed by atoms with van der Waals surface area (Å²) in [6, 6.07) is 2.64. The molecule has 0 aliphatic carbocycles. The van der Waals surface area contributed by atoms with Crippen molar-refractivity contribution in [1.82, 2.24) is 0 Å². The Morgan fingerprint density at radius 2 is 2.07 bits per heavy atom. The Balaban J connectivity index is 3.12. The molecule has 0 aromatic heterocycles. The largest absolute Gasteiger partial charge is 0.294 e. The van der Waals surface area contributed by atoms with Gasteiger partial charge in [0.25, 0.3) is 6.43 Å². The predicted molar refractivity (Wildman–Crippen MR) is 51.0 cm³/mol. The van der Waals surface area contributed by atoms with E-state index in [-0.39, 0.29) is 17.9 Å². The number of benzene rings is 1. The van der Waals surface area contributed by atoms with Crippen LogP contribution in [-0.4, -0.2) is 11.7 Å². The van der Waals surface area contributed by atoms with Crippen LogP contribution in [0.4, 0.5) is 13.2 Å². The highest BCUT2D eigenvalue weighted by atomic mass is 35.5. The minimum atomic E-state index is -2.79. The van der Waals surface area contributed by atoms with Crippen molar-refractivity contribution in [2.45, 2.75) is 12.8 Å². The Morgan fingerprint density at radius 3 is 2.60 bits per heavy atom. The van der Waals surface area contributed by atoms with Crippen LogP contribution < -0.4 is 0 Å². The van der Waals surface area contributed by atoms with Crippen molar-refractivity contribution in [2.75, 3.05) is 5.88 Å². The first kappa shape index (κ1) is 12.0. The van der Waals surface area contributed by atoms with Gasteiger partial charge in [0.2, 0.25) is 0 Å². The summed E-state index contributed by atoms with van der Waals surface area (Å²) >= 11 is 5.32. The highest BCUT2D eigenvalue weighted by molar-refractivity contribution is 6.19. The van der Waals surface area contributed by atoms with Crippen molar-refractivity contribution in [3.8, 4) is 0 Å². The standard InChI is InChI=1S/C10H8ClF3O/c11-4-3-9(15)8-5-6(12)1-2-7(8)10(13)14/h1-2,5,10H,3-4H2. The molecule has 1 aromatic carbocycles. The van der Waals surface area contributed by atoms with Crippen LogP contribution in [0.5, 0.6) is 0 Å². The van der Waals surface area contributed by atoms with Gasteiger partial charge in [-0.25, -0.2) is 13.2 Å². The fraction of sp³-hybridized carbons (Fsp3) is 0.300. The Hall–Kier alpha value is -1.03. The van der Waals surface area contributed by atoms with Gasteiger partial charge in [-0.15, -0.1) is 11.6 Å². The molecule has 0 radical (unpaired) electrons. The normalized spacial score (nSPS) is 10.7. The topological polar surface area (TPSA) is 17.1 Å². The highest BCUT2D eigenvalue weighted by Crippen LogP contribution is 2.24. The van der Waals surface area contributed by atoms with E-state index >= 15 is 0 Å². The lowest BCUT2D eigenvalue weighted by Crippen LogP contribution is -2.05. The summed E-state index contributed by atoms with van der Waals surface area (Å²) in [6.07, 6.45) is -2.87. The Morgan fingerprint density at radius 1 is 1.40 bits per heavy atom. The minimum absolute atomic E-state index is 0.0258. The number of hydrogen-bond acceptors (Lipinski definition) is 1. The summed E-state index contributed by atoms with van der Waals surface area (Å²) in [6.45, 7) is 0. The van der Waals surface area contributed by atoms with Crippen molar-refractivity contribution >= 4 is 17.4 Å². The van der Waals surface area contributed by atoms with E-state index in [0.717, 1.165) is 18.2 Å². The maximum absolute atomic E-state index is 12.8. The molecule has 82 valence electrons. The molecule has 0 bridgehead atoms. The maximum Gasteiger partial charge on any atom is 0.264 e. The number of rotatable bonds is 4. The zero-order chi connectivity index (χ0) is 11.4. The molecule has 5 heteroatoms. The average molecular weight is 237 g/mol. The number of hydrogen-bond donors (Lipinski definition) is 0. The molecule has 0 heterocycles. The number of ketones is 1. The van der Waals surface area contributed by atoms with Crippen molar-refractivity contribution < 1.29 is 18.0 Å². The van der Waals surface area contributed by atoms with Gasteiger partial charge in [0.05, 0.1) is 0 Å². The minimum Gasteiger partial charge on any atom is -0.294 e. The summed E-state index contributed by atoms with van der Waals surface area (Å²) < 4.78 is 37.7. The van der Waals surface area contributed by atoms with Crippen LogP contribution in [0.1, 0.15) is 28.8 Å². The van der Waals surface area contributed by atoms with Gasteiger partial charge < -0.3 is 0 Å². The molecule has 0 fully saturated rings. The number of carbonyl (C=O) groups excluding carboxylic acids is 1. The van der Waals surface area contributed by atoms with E-state index in [0.29, 0.717) is 0 Å². The van der Waals surface area contributed by atoms with Gasteiger partial charge in [0, 0.05) is 23.4 Å². The second kappa shape index (κ2) is 5.16. The number of halogens is 4. The Kier molecular flexibility index (Phi) is 4.15. The zero-order valence-corrected chi connectivity index (χ0v) is 8.40. The lowest BCUT2D eigenvalue weighted by molar-refractivity contribution is 0.0974. The molecule has 0 N–H and O–H groups in total. The van der Waals surface area contributed by atoms with Gasteiger partial charge in [-0.05, 0) is 18.2 Å². The average Bonchev–Trinajstić information content (AvgIpc) is 2.17. The molecule has 0 atom stereocenters. The molecule has 15 heavy (non-hydrogen) atoms. The maximum atomic E-state index is 12.8. The van der Waals surface area contributed by atoms with Crippen molar-refractivity contribution in [2.24, 2.45) is 0 Å². The lowest BCUT2D eigenvalue weighted by atomic mass is 10.0. The second-order valence-corrected chi connectivity index (χ2v) is 3.27. The zero-order valence-electron chi connectivity index (χ0n) is 7.64. The van der Waals surface area contributed by atoms with E-state index in [9.17, 15) is 18.0 Å². The van der Waals surface area contributed by atoms with Crippen LogP contribution >= 0.6 is 11.6 Å². The Bertz CT molecular complexity index is 366. The first-order valence-corrected chi connectivity index (χ1v) is 4.76. The summed E-state index contributed by atoms with van der Waals surface area (Å²) in [5, 5.41) is 0. The molecule has 1 nitrogen and oxygen atoms in total. The van der Waals surface area contributed by atoms with E-state index in [4.69, 9.17) is 11.6 Å². The SMILES string of the molecule is O=C(CCCl)c1cc(F)ccc1C(F)F. The number of carbonyl (C=O) groups is 1. The van der Waals surface area contributed by atoms with Gasteiger partial charge in [0.15, 0.2) is 5.78 Å². The molecule has 1 rings (SSSR count). The third-order valence-electron chi connectivity index (χ3n) is 1.87. The predicted octanol–water partition coefficient (Wildman–Crippen LogP) is 3.57. The van der Waals surface area contributed by atoms with Gasteiger partial charge >= 0.3 is 0 Å². The van der Waals surface area contributed by atoms with Crippen molar-refractivity contribution in [1.29, 1.82) is 0 Å².